The van der Waals surface area contributed by atoms with Crippen LogP contribution in [-0.2, 0) is 10.0 Å². The number of halogens is 1. The molecule has 0 aliphatic carbocycles. The van der Waals surface area contributed by atoms with E-state index in [-0.39, 0.29) is 4.90 Å². The fraction of sp³-hybridized carbons (Fsp3) is 0.200. The van der Waals surface area contributed by atoms with Crippen molar-refractivity contribution in [3.8, 4) is 10.7 Å². The van der Waals surface area contributed by atoms with Crippen molar-refractivity contribution < 1.29 is 12.9 Å². The predicted molar refractivity (Wildman–Crippen MR) is 94.1 cm³/mol. The van der Waals surface area contributed by atoms with Crippen LogP contribution in [0, 0.1) is 20.8 Å². The number of anilines is 1. The topological polar surface area (TPSA) is 85.1 Å². The summed E-state index contributed by atoms with van der Waals surface area (Å²) in [5, 5.41) is 4.38. The van der Waals surface area contributed by atoms with E-state index < -0.39 is 10.0 Å². The minimum absolute atomic E-state index is 0.194. The van der Waals surface area contributed by atoms with Gasteiger partial charge in [0, 0.05) is 16.8 Å². The maximum absolute atomic E-state index is 12.7. The second kappa shape index (κ2) is 6.19. The molecule has 0 aliphatic rings. The Bertz CT molecular complexity index is 1010. The van der Waals surface area contributed by atoms with Gasteiger partial charge in [0.15, 0.2) is 0 Å². The van der Waals surface area contributed by atoms with Crippen LogP contribution in [0.1, 0.15) is 16.3 Å². The van der Waals surface area contributed by atoms with E-state index in [0.717, 1.165) is 5.56 Å². The molecule has 6 nitrogen and oxygen atoms in total. The molecule has 2 aromatic heterocycles. The van der Waals surface area contributed by atoms with Crippen LogP contribution in [0.5, 0.6) is 0 Å². The summed E-state index contributed by atoms with van der Waals surface area (Å²) in [4.78, 5) is 5.60. The number of hydrogen-bond acceptors (Lipinski definition) is 6. The van der Waals surface area contributed by atoms with Crippen LogP contribution in [0.3, 0.4) is 0 Å². The van der Waals surface area contributed by atoms with Crippen molar-refractivity contribution in [1.29, 1.82) is 0 Å². The van der Waals surface area contributed by atoms with Crippen molar-refractivity contribution in [2.24, 2.45) is 0 Å². The van der Waals surface area contributed by atoms with Crippen molar-refractivity contribution in [3.63, 3.8) is 0 Å². The highest BCUT2D eigenvalue weighted by Gasteiger charge is 2.22. The number of nitrogens with one attached hydrogen (secondary N) is 1. The summed E-state index contributed by atoms with van der Waals surface area (Å²) in [6, 6.07) is 6.53. The molecule has 0 saturated carbocycles. The Kier molecular flexibility index (Phi) is 4.37. The molecule has 0 unspecified atom stereocenters. The number of aromatic nitrogens is 2. The van der Waals surface area contributed by atoms with E-state index in [1.54, 1.807) is 45.0 Å². The summed E-state index contributed by atoms with van der Waals surface area (Å²) in [7, 11) is -3.73. The third-order valence-electron chi connectivity index (χ3n) is 3.34. The molecule has 126 valence electrons. The van der Waals surface area contributed by atoms with Gasteiger partial charge in [-0.1, -0.05) is 16.8 Å². The van der Waals surface area contributed by atoms with E-state index in [1.165, 1.54) is 11.3 Å². The Morgan fingerprint density at radius 1 is 1.21 bits per heavy atom. The molecule has 0 atom stereocenters. The first kappa shape index (κ1) is 16.9. The van der Waals surface area contributed by atoms with Gasteiger partial charge in [0.2, 0.25) is 11.7 Å². The van der Waals surface area contributed by atoms with Gasteiger partial charge in [-0.2, -0.15) is 4.98 Å². The summed E-state index contributed by atoms with van der Waals surface area (Å²) < 4.78 is 33.0. The zero-order valence-corrected chi connectivity index (χ0v) is 15.5. The Balaban J connectivity index is 1.96. The lowest BCUT2D eigenvalue weighted by molar-refractivity contribution is 0.394. The van der Waals surface area contributed by atoms with Gasteiger partial charge in [0.25, 0.3) is 10.0 Å². The zero-order chi connectivity index (χ0) is 17.5. The molecule has 0 fully saturated rings. The second-order valence-electron chi connectivity index (χ2n) is 5.23. The zero-order valence-electron chi connectivity index (χ0n) is 13.1. The molecule has 0 bridgehead atoms. The fourth-order valence-corrected chi connectivity index (χ4v) is 5.06. The van der Waals surface area contributed by atoms with Crippen LogP contribution in [0.25, 0.3) is 10.7 Å². The highest BCUT2D eigenvalue weighted by atomic mass is 35.5. The molecule has 0 aliphatic heterocycles. The standard InChI is InChI=1S/C15H14ClN3O3S2/c1-8-6-11(16)4-5-12(8)19-24(20,21)14-7-13(23-9(14)2)15-17-10(3)22-18-15/h4-7,19H,1-3H3. The molecule has 24 heavy (non-hydrogen) atoms. The van der Waals surface area contributed by atoms with Gasteiger partial charge in [-0.05, 0) is 43.7 Å². The molecule has 2 heterocycles. The Morgan fingerprint density at radius 2 is 1.96 bits per heavy atom. The lowest BCUT2D eigenvalue weighted by atomic mass is 10.2. The first-order chi connectivity index (χ1) is 11.3. The lowest BCUT2D eigenvalue weighted by Crippen LogP contribution is -2.13. The van der Waals surface area contributed by atoms with Gasteiger partial charge in [0.05, 0.1) is 10.6 Å². The first-order valence-electron chi connectivity index (χ1n) is 6.96. The van der Waals surface area contributed by atoms with E-state index in [4.69, 9.17) is 16.1 Å². The van der Waals surface area contributed by atoms with Crippen LogP contribution in [0.4, 0.5) is 5.69 Å². The number of rotatable bonds is 4. The third-order valence-corrected chi connectivity index (χ3v) is 6.24. The molecule has 3 aromatic rings. The Morgan fingerprint density at radius 3 is 2.58 bits per heavy atom. The van der Waals surface area contributed by atoms with Crippen LogP contribution in [0.2, 0.25) is 5.02 Å². The summed E-state index contributed by atoms with van der Waals surface area (Å²) in [6.45, 7) is 5.21. The van der Waals surface area contributed by atoms with Crippen molar-refractivity contribution in [2.75, 3.05) is 4.72 Å². The smallest absolute Gasteiger partial charge is 0.263 e. The average Bonchev–Trinajstić information content (AvgIpc) is 3.08. The SMILES string of the molecule is Cc1nc(-c2cc(S(=O)(=O)Nc3ccc(Cl)cc3C)c(C)s2)no1. The van der Waals surface area contributed by atoms with Crippen LogP contribution in [0.15, 0.2) is 33.7 Å². The Labute approximate surface area is 148 Å². The van der Waals surface area contributed by atoms with Gasteiger partial charge in [-0.25, -0.2) is 8.42 Å². The first-order valence-corrected chi connectivity index (χ1v) is 9.64. The second-order valence-corrected chi connectivity index (χ2v) is 8.58. The van der Waals surface area contributed by atoms with Gasteiger partial charge in [-0.3, -0.25) is 4.72 Å². The maximum atomic E-state index is 12.7. The van der Waals surface area contributed by atoms with Gasteiger partial charge in [-0.15, -0.1) is 11.3 Å². The summed E-state index contributed by atoms with van der Waals surface area (Å²) >= 11 is 7.20. The number of benzene rings is 1. The molecule has 3 rings (SSSR count). The maximum Gasteiger partial charge on any atom is 0.263 e. The summed E-state index contributed by atoms with van der Waals surface area (Å²) in [5.41, 5.74) is 1.23. The molecular formula is C15H14ClN3O3S2. The molecule has 0 radical (unpaired) electrons. The number of thiophene rings is 1. The highest BCUT2D eigenvalue weighted by Crippen LogP contribution is 2.33. The fourth-order valence-electron chi connectivity index (χ4n) is 2.18. The molecule has 1 N–H and O–H groups in total. The van der Waals surface area contributed by atoms with Crippen LogP contribution >= 0.6 is 22.9 Å². The van der Waals surface area contributed by atoms with Crippen molar-refractivity contribution in [2.45, 2.75) is 25.7 Å². The van der Waals surface area contributed by atoms with E-state index in [0.29, 0.717) is 32.2 Å². The highest BCUT2D eigenvalue weighted by molar-refractivity contribution is 7.93. The van der Waals surface area contributed by atoms with Gasteiger partial charge < -0.3 is 4.52 Å². The molecule has 0 saturated heterocycles. The largest absolute Gasteiger partial charge is 0.339 e. The predicted octanol–water partition coefficient (Wildman–Crippen LogP) is 4.18. The minimum Gasteiger partial charge on any atom is -0.339 e. The van der Waals surface area contributed by atoms with E-state index in [9.17, 15) is 8.42 Å². The molecule has 0 spiro atoms. The molecule has 1 aromatic carbocycles. The van der Waals surface area contributed by atoms with Crippen LogP contribution < -0.4 is 4.72 Å². The van der Waals surface area contributed by atoms with E-state index in [1.807, 2.05) is 0 Å². The number of sulfonamides is 1. The van der Waals surface area contributed by atoms with Gasteiger partial charge >= 0.3 is 0 Å². The number of hydrogen-bond donors (Lipinski definition) is 1. The molecular weight excluding hydrogens is 370 g/mol. The molecule has 0 amide bonds. The monoisotopic (exact) mass is 383 g/mol. The lowest BCUT2D eigenvalue weighted by Gasteiger charge is -2.10. The Hall–Kier alpha value is -1.90. The van der Waals surface area contributed by atoms with Crippen molar-refractivity contribution in [3.05, 3.63) is 45.6 Å². The third kappa shape index (κ3) is 3.31. The normalized spacial score (nSPS) is 11.7. The van der Waals surface area contributed by atoms with Crippen molar-refractivity contribution >= 4 is 38.6 Å². The summed E-state index contributed by atoms with van der Waals surface area (Å²) in [6.07, 6.45) is 0. The minimum atomic E-state index is -3.73. The molecule has 9 heteroatoms. The summed E-state index contributed by atoms with van der Waals surface area (Å²) in [5.74, 6) is 0.806. The van der Waals surface area contributed by atoms with Crippen LogP contribution in [-0.4, -0.2) is 18.6 Å². The number of nitrogens with zero attached hydrogens (tertiary/aromatic N) is 2. The average molecular weight is 384 g/mol. The quantitative estimate of drug-likeness (QED) is 0.730. The van der Waals surface area contributed by atoms with Gasteiger partial charge in [0.1, 0.15) is 4.90 Å². The van der Waals surface area contributed by atoms with E-state index >= 15 is 0 Å². The van der Waals surface area contributed by atoms with Crippen molar-refractivity contribution in [1.82, 2.24) is 10.1 Å². The number of aryl methyl sites for hydroxylation is 3. The van der Waals surface area contributed by atoms with E-state index in [2.05, 4.69) is 14.9 Å².